The SMILES string of the molecule is Cc1c2ncn(CC3(O)CCN(C(=O)C[C@@H](C)c4ccccc4)CC3)c(=O)c2nn1C. The van der Waals surface area contributed by atoms with Crippen molar-refractivity contribution in [3.8, 4) is 0 Å². The van der Waals surface area contributed by atoms with E-state index in [4.69, 9.17) is 0 Å². The molecule has 164 valence electrons. The molecule has 1 N–H and O–H groups in total. The summed E-state index contributed by atoms with van der Waals surface area (Å²) >= 11 is 0. The summed E-state index contributed by atoms with van der Waals surface area (Å²) < 4.78 is 3.07. The van der Waals surface area contributed by atoms with Gasteiger partial charge in [-0.2, -0.15) is 5.10 Å². The van der Waals surface area contributed by atoms with Gasteiger partial charge in [0.2, 0.25) is 5.91 Å². The number of hydrogen-bond acceptors (Lipinski definition) is 5. The summed E-state index contributed by atoms with van der Waals surface area (Å²) in [5.41, 5.74) is 1.57. The van der Waals surface area contributed by atoms with Crippen LogP contribution in [0.1, 0.15) is 43.4 Å². The summed E-state index contributed by atoms with van der Waals surface area (Å²) in [5, 5.41) is 15.4. The molecule has 1 atom stereocenters. The minimum absolute atomic E-state index is 0.0996. The Morgan fingerprint density at radius 1 is 1.19 bits per heavy atom. The molecule has 4 rings (SSSR count). The first-order valence-corrected chi connectivity index (χ1v) is 10.7. The molecule has 1 aliphatic heterocycles. The Morgan fingerprint density at radius 2 is 1.87 bits per heavy atom. The lowest BCUT2D eigenvalue weighted by atomic mass is 9.90. The number of aryl methyl sites for hydroxylation is 2. The van der Waals surface area contributed by atoms with Gasteiger partial charge in [-0.15, -0.1) is 0 Å². The molecular formula is C23H29N5O3. The minimum atomic E-state index is -1.05. The average molecular weight is 424 g/mol. The standard InChI is InChI=1S/C23H29N5O3/c1-16(18-7-5-4-6-8-18)13-19(29)27-11-9-23(31,10-12-27)14-28-15-24-20-17(2)26(3)25-21(20)22(28)30/h4-8,15-16,31H,9-14H2,1-3H3/t16-/m1/s1. The Kier molecular flexibility index (Phi) is 5.66. The molecule has 3 heterocycles. The molecule has 0 bridgehead atoms. The van der Waals surface area contributed by atoms with Crippen LogP contribution in [-0.4, -0.2) is 53.9 Å². The number of aliphatic hydroxyl groups is 1. The Labute approximate surface area is 181 Å². The zero-order valence-electron chi connectivity index (χ0n) is 18.3. The van der Waals surface area contributed by atoms with Gasteiger partial charge in [0.05, 0.1) is 24.2 Å². The zero-order valence-corrected chi connectivity index (χ0v) is 18.3. The molecular weight excluding hydrogens is 394 g/mol. The predicted octanol–water partition coefficient (Wildman–Crippen LogP) is 1.99. The summed E-state index contributed by atoms with van der Waals surface area (Å²) in [5.74, 6) is 0.246. The molecule has 1 amide bonds. The Balaban J connectivity index is 1.40. The smallest absolute Gasteiger partial charge is 0.281 e. The number of carbonyl (C=O) groups is 1. The first kappa shape index (κ1) is 21.2. The van der Waals surface area contributed by atoms with Gasteiger partial charge in [-0.1, -0.05) is 37.3 Å². The van der Waals surface area contributed by atoms with Gasteiger partial charge in [0, 0.05) is 26.6 Å². The van der Waals surface area contributed by atoms with Crippen LogP contribution in [0.3, 0.4) is 0 Å². The highest BCUT2D eigenvalue weighted by Gasteiger charge is 2.35. The maximum Gasteiger partial charge on any atom is 0.281 e. The third-order valence-electron chi connectivity index (χ3n) is 6.45. The first-order valence-electron chi connectivity index (χ1n) is 10.7. The topological polar surface area (TPSA) is 93.2 Å². The molecule has 3 aromatic rings. The van der Waals surface area contributed by atoms with Gasteiger partial charge in [0.25, 0.3) is 5.56 Å². The fourth-order valence-corrected chi connectivity index (χ4v) is 4.26. The maximum atomic E-state index is 12.8. The van der Waals surface area contributed by atoms with Gasteiger partial charge >= 0.3 is 0 Å². The van der Waals surface area contributed by atoms with E-state index in [1.807, 2.05) is 42.2 Å². The number of aromatic nitrogens is 4. The molecule has 8 heteroatoms. The molecule has 1 fully saturated rings. The van der Waals surface area contributed by atoms with Crippen molar-refractivity contribution in [2.75, 3.05) is 13.1 Å². The van der Waals surface area contributed by atoms with Gasteiger partial charge in [-0.3, -0.25) is 18.8 Å². The van der Waals surface area contributed by atoms with Crippen molar-refractivity contribution in [3.05, 3.63) is 58.3 Å². The molecule has 2 aromatic heterocycles. The summed E-state index contributed by atoms with van der Waals surface area (Å²) in [7, 11) is 1.78. The van der Waals surface area contributed by atoms with Gasteiger partial charge in [0.1, 0.15) is 5.52 Å². The highest BCUT2D eigenvalue weighted by atomic mass is 16.3. The van der Waals surface area contributed by atoms with E-state index in [-0.39, 0.29) is 23.9 Å². The largest absolute Gasteiger partial charge is 0.388 e. The zero-order chi connectivity index (χ0) is 22.2. The Hall–Kier alpha value is -3.00. The number of amides is 1. The molecule has 0 aliphatic carbocycles. The Morgan fingerprint density at radius 3 is 2.55 bits per heavy atom. The van der Waals surface area contributed by atoms with Crippen molar-refractivity contribution in [2.24, 2.45) is 7.05 Å². The lowest BCUT2D eigenvalue weighted by Crippen LogP contribution is -2.49. The number of carbonyl (C=O) groups excluding carboxylic acids is 1. The summed E-state index contributed by atoms with van der Waals surface area (Å²) in [6, 6.07) is 10.0. The van der Waals surface area contributed by atoms with Gasteiger partial charge in [-0.25, -0.2) is 4.98 Å². The van der Waals surface area contributed by atoms with E-state index in [1.165, 1.54) is 10.9 Å². The van der Waals surface area contributed by atoms with Gasteiger partial charge in [-0.05, 0) is 31.2 Å². The fraction of sp³-hybridized carbons (Fsp3) is 0.478. The van der Waals surface area contributed by atoms with E-state index in [0.29, 0.717) is 43.4 Å². The van der Waals surface area contributed by atoms with Crippen LogP contribution in [0, 0.1) is 6.92 Å². The van der Waals surface area contributed by atoms with E-state index in [0.717, 1.165) is 11.3 Å². The second-order valence-corrected chi connectivity index (χ2v) is 8.70. The van der Waals surface area contributed by atoms with Crippen molar-refractivity contribution < 1.29 is 9.90 Å². The third kappa shape index (κ3) is 4.25. The van der Waals surface area contributed by atoms with E-state index in [1.54, 1.807) is 11.7 Å². The quantitative estimate of drug-likeness (QED) is 0.677. The normalized spacial score (nSPS) is 17.1. The molecule has 0 saturated carbocycles. The molecule has 0 radical (unpaired) electrons. The lowest BCUT2D eigenvalue weighted by Gasteiger charge is -2.38. The van der Waals surface area contributed by atoms with Crippen molar-refractivity contribution in [1.29, 1.82) is 0 Å². The predicted molar refractivity (Wildman–Crippen MR) is 118 cm³/mol. The summed E-state index contributed by atoms with van der Waals surface area (Å²) in [6.45, 7) is 5.02. The summed E-state index contributed by atoms with van der Waals surface area (Å²) in [4.78, 5) is 31.8. The van der Waals surface area contributed by atoms with Crippen LogP contribution in [0.25, 0.3) is 11.0 Å². The molecule has 1 aliphatic rings. The second kappa shape index (κ2) is 8.26. The maximum absolute atomic E-state index is 12.8. The van der Waals surface area contributed by atoms with Crippen molar-refractivity contribution in [1.82, 2.24) is 24.2 Å². The number of likely N-dealkylation sites (tertiary alicyclic amines) is 1. The molecule has 31 heavy (non-hydrogen) atoms. The summed E-state index contributed by atoms with van der Waals surface area (Å²) in [6.07, 6.45) is 2.77. The molecule has 8 nitrogen and oxygen atoms in total. The number of fused-ring (bicyclic) bond motifs is 1. The van der Waals surface area contributed by atoms with Crippen LogP contribution in [0.4, 0.5) is 0 Å². The van der Waals surface area contributed by atoms with E-state index in [2.05, 4.69) is 17.0 Å². The van der Waals surface area contributed by atoms with Crippen LogP contribution in [0.5, 0.6) is 0 Å². The van der Waals surface area contributed by atoms with Crippen molar-refractivity contribution >= 4 is 16.9 Å². The highest BCUT2D eigenvalue weighted by molar-refractivity contribution is 5.77. The van der Waals surface area contributed by atoms with Gasteiger partial charge in [0.15, 0.2) is 5.52 Å². The average Bonchev–Trinajstić information content (AvgIpc) is 3.05. The van der Waals surface area contributed by atoms with E-state index >= 15 is 0 Å². The van der Waals surface area contributed by atoms with Crippen LogP contribution in [-0.2, 0) is 18.4 Å². The van der Waals surface area contributed by atoms with Crippen molar-refractivity contribution in [2.45, 2.75) is 51.2 Å². The minimum Gasteiger partial charge on any atom is -0.388 e. The second-order valence-electron chi connectivity index (χ2n) is 8.70. The third-order valence-corrected chi connectivity index (χ3v) is 6.45. The highest BCUT2D eigenvalue weighted by Crippen LogP contribution is 2.26. The monoisotopic (exact) mass is 423 g/mol. The van der Waals surface area contributed by atoms with E-state index < -0.39 is 5.60 Å². The molecule has 0 spiro atoms. The molecule has 1 aromatic carbocycles. The van der Waals surface area contributed by atoms with Crippen LogP contribution in [0.2, 0.25) is 0 Å². The lowest BCUT2D eigenvalue weighted by molar-refractivity contribution is -0.136. The number of hydrogen-bond donors (Lipinski definition) is 1. The number of piperidine rings is 1. The van der Waals surface area contributed by atoms with E-state index in [9.17, 15) is 14.7 Å². The fourth-order valence-electron chi connectivity index (χ4n) is 4.26. The van der Waals surface area contributed by atoms with Crippen molar-refractivity contribution in [3.63, 3.8) is 0 Å². The number of benzene rings is 1. The van der Waals surface area contributed by atoms with Crippen LogP contribution < -0.4 is 5.56 Å². The first-order chi connectivity index (χ1) is 14.8. The number of rotatable bonds is 5. The van der Waals surface area contributed by atoms with Gasteiger partial charge < -0.3 is 10.0 Å². The van der Waals surface area contributed by atoms with Crippen LogP contribution in [0.15, 0.2) is 41.5 Å². The molecule has 1 saturated heterocycles. The Bertz CT molecular complexity index is 1140. The molecule has 0 unspecified atom stereocenters. The van der Waals surface area contributed by atoms with Crippen LogP contribution >= 0.6 is 0 Å². The number of nitrogens with zero attached hydrogens (tertiary/aromatic N) is 5.